The van der Waals surface area contributed by atoms with Crippen LogP contribution in [0.5, 0.6) is 0 Å². The predicted octanol–water partition coefficient (Wildman–Crippen LogP) is 3.29. The zero-order valence-corrected chi connectivity index (χ0v) is 22.5. The van der Waals surface area contributed by atoms with Gasteiger partial charge < -0.3 is 24.6 Å². The molecule has 9 nitrogen and oxygen atoms in total. The van der Waals surface area contributed by atoms with Gasteiger partial charge in [0.2, 0.25) is 0 Å². The quantitative estimate of drug-likeness (QED) is 0.539. The SMILES string of the molecule is CC(C)n1c(=O)c(C(=O)NC2CC3CCC(C2)N3CCCOC(=O)N2CCC(O)CC2)cc2ccccc21. The molecule has 2 unspecified atom stereocenters. The molecule has 3 fully saturated rings. The number of benzene rings is 1. The van der Waals surface area contributed by atoms with Gasteiger partial charge in [0.05, 0.1) is 18.2 Å². The van der Waals surface area contributed by atoms with E-state index in [9.17, 15) is 19.5 Å². The minimum atomic E-state index is -0.312. The van der Waals surface area contributed by atoms with Crippen LogP contribution in [0.25, 0.3) is 10.9 Å². The number of rotatable bonds is 7. The molecule has 3 aliphatic heterocycles. The molecule has 2 N–H and O–H groups in total. The predicted molar refractivity (Wildman–Crippen MR) is 145 cm³/mol. The number of fused-ring (bicyclic) bond motifs is 3. The van der Waals surface area contributed by atoms with E-state index >= 15 is 0 Å². The fourth-order valence-corrected chi connectivity index (χ4v) is 6.53. The van der Waals surface area contributed by atoms with E-state index in [1.54, 1.807) is 15.5 Å². The first-order valence-corrected chi connectivity index (χ1v) is 14.1. The number of piperidine rings is 2. The summed E-state index contributed by atoms with van der Waals surface area (Å²) in [4.78, 5) is 43.0. The number of aromatic nitrogens is 1. The first-order valence-electron chi connectivity index (χ1n) is 14.1. The average molecular weight is 525 g/mol. The number of carbonyl (C=O) groups is 2. The van der Waals surface area contributed by atoms with Gasteiger partial charge in [-0.2, -0.15) is 0 Å². The van der Waals surface area contributed by atoms with Crippen LogP contribution in [0.2, 0.25) is 0 Å². The zero-order chi connectivity index (χ0) is 26.8. The topological polar surface area (TPSA) is 104 Å². The highest BCUT2D eigenvalue weighted by Crippen LogP contribution is 2.36. The second-order valence-corrected chi connectivity index (χ2v) is 11.3. The van der Waals surface area contributed by atoms with Crippen LogP contribution in [0.1, 0.15) is 75.2 Å². The molecule has 3 aliphatic rings. The zero-order valence-electron chi connectivity index (χ0n) is 22.5. The number of aliphatic hydroxyl groups is 1. The molecule has 0 radical (unpaired) electrons. The third-order valence-corrected chi connectivity index (χ3v) is 8.43. The number of nitrogens with zero attached hydrogens (tertiary/aromatic N) is 3. The fourth-order valence-electron chi connectivity index (χ4n) is 6.53. The van der Waals surface area contributed by atoms with Crippen molar-refractivity contribution in [1.29, 1.82) is 0 Å². The molecule has 9 heteroatoms. The summed E-state index contributed by atoms with van der Waals surface area (Å²) in [6.45, 7) is 6.28. The lowest BCUT2D eigenvalue weighted by Gasteiger charge is -2.39. The molecule has 0 spiro atoms. The Balaban J connectivity index is 1.14. The van der Waals surface area contributed by atoms with Crippen molar-refractivity contribution < 1.29 is 19.4 Å². The van der Waals surface area contributed by atoms with Gasteiger partial charge in [-0.05, 0) is 76.3 Å². The van der Waals surface area contributed by atoms with E-state index in [4.69, 9.17) is 4.74 Å². The van der Waals surface area contributed by atoms with Gasteiger partial charge in [0.1, 0.15) is 5.56 Å². The van der Waals surface area contributed by atoms with Crippen LogP contribution < -0.4 is 10.9 Å². The van der Waals surface area contributed by atoms with E-state index in [0.717, 1.165) is 49.6 Å². The van der Waals surface area contributed by atoms with Gasteiger partial charge in [0.15, 0.2) is 0 Å². The van der Waals surface area contributed by atoms with Gasteiger partial charge in [-0.25, -0.2) is 4.79 Å². The van der Waals surface area contributed by atoms with Crippen molar-refractivity contribution in [1.82, 2.24) is 19.7 Å². The lowest BCUT2D eigenvalue weighted by molar-refractivity contribution is 0.0541. The minimum absolute atomic E-state index is 0.0434. The summed E-state index contributed by atoms with van der Waals surface area (Å²) >= 11 is 0. The Morgan fingerprint density at radius 3 is 2.45 bits per heavy atom. The first kappa shape index (κ1) is 26.7. The van der Waals surface area contributed by atoms with E-state index in [-0.39, 0.29) is 41.3 Å². The summed E-state index contributed by atoms with van der Waals surface area (Å²) in [6.07, 6.45) is 5.33. The number of para-hydroxylation sites is 1. The molecule has 3 saturated heterocycles. The largest absolute Gasteiger partial charge is 0.449 e. The van der Waals surface area contributed by atoms with Crippen LogP contribution in [0.3, 0.4) is 0 Å². The third kappa shape index (κ3) is 5.59. The molecule has 0 saturated carbocycles. The molecule has 2 amide bonds. The van der Waals surface area contributed by atoms with Crippen molar-refractivity contribution in [3.63, 3.8) is 0 Å². The number of likely N-dealkylation sites (tertiary alicyclic amines) is 1. The van der Waals surface area contributed by atoms with Gasteiger partial charge >= 0.3 is 6.09 Å². The van der Waals surface area contributed by atoms with Crippen LogP contribution >= 0.6 is 0 Å². The number of hydrogen-bond donors (Lipinski definition) is 2. The number of aliphatic hydroxyl groups excluding tert-OH is 1. The molecule has 1 aromatic heterocycles. The van der Waals surface area contributed by atoms with Crippen molar-refractivity contribution in [2.75, 3.05) is 26.2 Å². The van der Waals surface area contributed by atoms with Crippen molar-refractivity contribution in [2.24, 2.45) is 0 Å². The van der Waals surface area contributed by atoms with Crippen LogP contribution in [0.15, 0.2) is 35.1 Å². The normalized spacial score (nSPS) is 24.2. The highest BCUT2D eigenvalue weighted by Gasteiger charge is 2.41. The minimum Gasteiger partial charge on any atom is -0.449 e. The maximum atomic E-state index is 13.3. The van der Waals surface area contributed by atoms with Crippen molar-refractivity contribution in [3.05, 3.63) is 46.2 Å². The van der Waals surface area contributed by atoms with Crippen molar-refractivity contribution in [3.8, 4) is 0 Å². The number of amides is 2. The Kier molecular flexibility index (Phi) is 8.04. The highest BCUT2D eigenvalue weighted by atomic mass is 16.6. The lowest BCUT2D eigenvalue weighted by Crippen LogP contribution is -2.51. The smallest absolute Gasteiger partial charge is 0.409 e. The number of pyridine rings is 1. The highest BCUT2D eigenvalue weighted by molar-refractivity contribution is 5.97. The van der Waals surface area contributed by atoms with Crippen LogP contribution in [0, 0.1) is 0 Å². The monoisotopic (exact) mass is 524 g/mol. The summed E-state index contributed by atoms with van der Waals surface area (Å²) in [5, 5.41) is 13.7. The molecule has 38 heavy (non-hydrogen) atoms. The second-order valence-electron chi connectivity index (χ2n) is 11.3. The van der Waals surface area contributed by atoms with Gasteiger partial charge in [0.25, 0.3) is 11.5 Å². The first-order chi connectivity index (χ1) is 18.3. The van der Waals surface area contributed by atoms with Gasteiger partial charge in [-0.15, -0.1) is 0 Å². The number of nitrogens with one attached hydrogen (secondary N) is 1. The van der Waals surface area contributed by atoms with E-state index in [1.807, 2.05) is 38.1 Å². The third-order valence-electron chi connectivity index (χ3n) is 8.43. The maximum Gasteiger partial charge on any atom is 0.409 e. The van der Waals surface area contributed by atoms with E-state index < -0.39 is 0 Å². The molecular formula is C29H40N4O5. The molecule has 2 atom stereocenters. The molecular weight excluding hydrogens is 484 g/mol. The van der Waals surface area contributed by atoms with Gasteiger partial charge in [-0.3, -0.25) is 14.5 Å². The Morgan fingerprint density at radius 1 is 1.08 bits per heavy atom. The Morgan fingerprint density at radius 2 is 1.76 bits per heavy atom. The summed E-state index contributed by atoms with van der Waals surface area (Å²) in [5.41, 5.74) is 0.805. The number of carbonyl (C=O) groups excluding carboxylic acids is 2. The Hall–Kier alpha value is -2.91. The molecule has 206 valence electrons. The Bertz CT molecular complexity index is 1210. The summed E-state index contributed by atoms with van der Waals surface area (Å²) in [5.74, 6) is -0.287. The average Bonchev–Trinajstić information content (AvgIpc) is 3.13. The summed E-state index contributed by atoms with van der Waals surface area (Å²) < 4.78 is 7.19. The summed E-state index contributed by atoms with van der Waals surface area (Å²) in [6, 6.07) is 10.2. The van der Waals surface area contributed by atoms with Crippen LogP contribution in [0.4, 0.5) is 4.79 Å². The molecule has 0 aliphatic carbocycles. The molecule has 1 aromatic carbocycles. The maximum absolute atomic E-state index is 13.3. The number of hydrogen-bond acceptors (Lipinski definition) is 6. The van der Waals surface area contributed by atoms with Crippen molar-refractivity contribution in [2.45, 2.75) is 89.1 Å². The van der Waals surface area contributed by atoms with Crippen LogP contribution in [-0.4, -0.2) is 81.9 Å². The lowest BCUT2D eigenvalue weighted by atomic mass is 9.96. The Labute approximate surface area is 223 Å². The molecule has 2 aromatic rings. The standard InChI is InChI=1S/C29H40N4O5/c1-19(2)33-26-7-4-3-6-20(26)16-25(28(33)36)27(35)30-21-17-22-8-9-23(18-21)32(22)12-5-15-38-29(37)31-13-10-24(34)11-14-31/h3-4,6-7,16,19,21-24,34H,5,8-15,17-18H2,1-2H3,(H,30,35). The van der Waals surface area contributed by atoms with Gasteiger partial charge in [0, 0.05) is 43.8 Å². The van der Waals surface area contributed by atoms with E-state index in [2.05, 4.69) is 10.2 Å². The number of ether oxygens (including phenoxy) is 1. The molecule has 2 bridgehead atoms. The molecule has 4 heterocycles. The second kappa shape index (κ2) is 11.5. The van der Waals surface area contributed by atoms with E-state index in [0.29, 0.717) is 44.6 Å². The van der Waals surface area contributed by atoms with E-state index in [1.165, 1.54) is 0 Å². The molecule has 5 rings (SSSR count). The summed E-state index contributed by atoms with van der Waals surface area (Å²) in [7, 11) is 0. The fraction of sp³-hybridized carbons (Fsp3) is 0.621. The van der Waals surface area contributed by atoms with Gasteiger partial charge in [-0.1, -0.05) is 18.2 Å². The van der Waals surface area contributed by atoms with Crippen molar-refractivity contribution >= 4 is 22.9 Å². The van der Waals surface area contributed by atoms with Crippen LogP contribution in [-0.2, 0) is 4.74 Å².